The molecule has 0 aliphatic rings. The Labute approximate surface area is 56.0 Å². The van der Waals surface area contributed by atoms with E-state index in [9.17, 15) is 0 Å². The van der Waals surface area contributed by atoms with Gasteiger partial charge in [0.05, 0.1) is 0 Å². The first-order chi connectivity index (χ1) is 0. The van der Waals surface area contributed by atoms with Gasteiger partial charge in [0.15, 0.2) is 0 Å². The van der Waals surface area contributed by atoms with E-state index >= 15 is 0 Å². The number of rotatable bonds is 0. The van der Waals surface area contributed by atoms with Crippen LogP contribution >= 0.6 is 0 Å². The maximum Gasteiger partial charge on any atom is 0 e. The van der Waals surface area contributed by atoms with Crippen LogP contribution in [0.4, 0.5) is 28.2 Å². The number of hydrogen-bond donors (Lipinski definition) is 0. The van der Waals surface area contributed by atoms with Crippen molar-refractivity contribution in [3.05, 3.63) is 0 Å². The molecule has 0 rings (SSSR count). The summed E-state index contributed by atoms with van der Waals surface area (Å²) >= 11 is 0. The molecule has 0 spiro atoms. The van der Waals surface area contributed by atoms with Crippen LogP contribution in [0.5, 0.6) is 0 Å². The van der Waals surface area contributed by atoms with Gasteiger partial charge in [0.1, 0.15) is 0 Å². The van der Waals surface area contributed by atoms with E-state index in [4.69, 9.17) is 0 Å². The van der Waals surface area contributed by atoms with Gasteiger partial charge < -0.3 is 0 Å². The Balaban J connectivity index is 0. The van der Waals surface area contributed by atoms with Crippen LogP contribution in [0.25, 0.3) is 0 Å². The van der Waals surface area contributed by atoms with Crippen LogP contribution in [0.1, 0.15) is 0 Å². The van der Waals surface area contributed by atoms with Gasteiger partial charge in [-0.15, -0.1) is 0 Å². The Hall–Kier alpha value is 0.502. The molecule has 0 nitrogen and oxygen atoms in total. The predicted molar refractivity (Wildman–Crippen MR) is 20.8 cm³/mol. The molecular weight excluding hydrogens is 318 g/mol. The van der Waals surface area contributed by atoms with E-state index in [1.165, 1.54) is 0 Å². The van der Waals surface area contributed by atoms with E-state index < -0.39 is 0 Å². The molecule has 0 aliphatic heterocycles. The fourth-order valence-corrected chi connectivity index (χ4v) is 0. The molecule has 0 amide bonds. The van der Waals surface area contributed by atoms with Crippen LogP contribution in [0.3, 0.4) is 0 Å². The monoisotopic (exact) mass is 325 g/mol. The minimum atomic E-state index is 0. The first-order valence-electron chi connectivity index (χ1n) is 0. The Morgan fingerprint density at radius 2 is 0.286 bits per heavy atom. The van der Waals surface area contributed by atoms with E-state index in [2.05, 4.69) is 0 Å². The van der Waals surface area contributed by atoms with Gasteiger partial charge in [-0.25, -0.2) is 0 Å². The molecule has 0 N–H and O–H groups in total. The van der Waals surface area contributed by atoms with Crippen LogP contribution in [-0.4, -0.2) is 27.3 Å². The Morgan fingerprint density at radius 3 is 0.286 bits per heavy atom. The van der Waals surface area contributed by atoms with Gasteiger partial charge in [0, 0.05) is 27.3 Å². The zero-order valence-corrected chi connectivity index (χ0v) is 7.52. The van der Waals surface area contributed by atoms with Crippen molar-refractivity contribution in [2.45, 2.75) is 0 Å². The molecule has 0 heterocycles. The SMILES string of the molecule is F.F.F.F.F.F.[Tl]. The first kappa shape index (κ1) is 1260. The normalized spacial score (nSPS) is 0. The molecule has 0 unspecified atom stereocenters. The number of halogens is 6. The summed E-state index contributed by atoms with van der Waals surface area (Å²) in [5.74, 6) is 0. The van der Waals surface area contributed by atoms with Gasteiger partial charge in [0.2, 0.25) is 0 Å². The van der Waals surface area contributed by atoms with Crippen LogP contribution < -0.4 is 0 Å². The minimum Gasteiger partial charge on any atom is -0.269 e. The van der Waals surface area contributed by atoms with Crippen molar-refractivity contribution in [1.29, 1.82) is 0 Å². The summed E-state index contributed by atoms with van der Waals surface area (Å²) in [6.45, 7) is 0. The molecule has 0 aliphatic carbocycles. The quantitative estimate of drug-likeness (QED) is 0.451. The average molecular weight is 324 g/mol. The molecule has 0 fully saturated rings. The Kier molecular flexibility index (Phi) is 140000. The van der Waals surface area contributed by atoms with Crippen molar-refractivity contribution in [1.82, 2.24) is 0 Å². The van der Waals surface area contributed by atoms with Gasteiger partial charge >= 0.3 is 0 Å². The molecule has 1 radical (unpaired) electrons. The van der Waals surface area contributed by atoms with Crippen molar-refractivity contribution in [3.63, 3.8) is 0 Å². The molecule has 0 aromatic carbocycles. The van der Waals surface area contributed by atoms with E-state index in [1.54, 1.807) is 0 Å². The third-order valence-corrected chi connectivity index (χ3v) is 0. The average Bonchev–Trinajstić information content (AvgIpc) is 0. The zero-order chi connectivity index (χ0) is 0. The van der Waals surface area contributed by atoms with Gasteiger partial charge in [-0.2, -0.15) is 0 Å². The third-order valence-electron chi connectivity index (χ3n) is 0. The summed E-state index contributed by atoms with van der Waals surface area (Å²) in [6, 6.07) is 0. The van der Waals surface area contributed by atoms with Crippen molar-refractivity contribution >= 4 is 27.3 Å². The molecule has 0 saturated carbocycles. The molecular formula is H6F6Tl. The molecule has 51 valence electrons. The fraction of sp³-hybridized carbons (Fsp3) is 0. The van der Waals surface area contributed by atoms with Crippen molar-refractivity contribution in [2.24, 2.45) is 0 Å². The second-order valence-electron chi connectivity index (χ2n) is 0. The Morgan fingerprint density at radius 1 is 0.286 bits per heavy atom. The molecule has 0 saturated heterocycles. The predicted octanol–water partition coefficient (Wildman–Crippen LogP) is 0.534. The largest absolute Gasteiger partial charge is 0.269 e. The van der Waals surface area contributed by atoms with Crippen LogP contribution in [0.15, 0.2) is 0 Å². The summed E-state index contributed by atoms with van der Waals surface area (Å²) in [5, 5.41) is 0. The van der Waals surface area contributed by atoms with E-state index in [-0.39, 0.29) is 55.5 Å². The maximum atomic E-state index is 0. The molecule has 0 aromatic heterocycles. The standard InChI is InChI=1S/6FH.Tl/h6*1H;. The van der Waals surface area contributed by atoms with Gasteiger partial charge in [-0.3, -0.25) is 28.2 Å². The Bertz CT molecular complexity index is 4.14. The van der Waals surface area contributed by atoms with Gasteiger partial charge in [0.25, 0.3) is 0 Å². The first-order valence-corrected chi connectivity index (χ1v) is 0. The summed E-state index contributed by atoms with van der Waals surface area (Å²) < 4.78 is 0. The summed E-state index contributed by atoms with van der Waals surface area (Å²) in [5.41, 5.74) is 0. The van der Waals surface area contributed by atoms with Gasteiger partial charge in [-0.05, 0) is 0 Å². The number of hydrogen-bond acceptors (Lipinski definition) is 0. The molecule has 0 atom stereocenters. The third kappa shape index (κ3) is 523. The van der Waals surface area contributed by atoms with E-state index in [1.807, 2.05) is 0 Å². The second kappa shape index (κ2) is 781. The van der Waals surface area contributed by atoms with Crippen LogP contribution in [0, 0.1) is 0 Å². The summed E-state index contributed by atoms with van der Waals surface area (Å²) in [6.07, 6.45) is 0. The molecule has 0 bridgehead atoms. The van der Waals surface area contributed by atoms with E-state index in [0.717, 1.165) is 0 Å². The van der Waals surface area contributed by atoms with E-state index in [0.29, 0.717) is 0 Å². The smallest absolute Gasteiger partial charge is 0 e. The van der Waals surface area contributed by atoms with Crippen molar-refractivity contribution in [2.75, 3.05) is 0 Å². The minimum absolute atomic E-state index is 0. The summed E-state index contributed by atoms with van der Waals surface area (Å²) in [4.78, 5) is 0. The second-order valence-corrected chi connectivity index (χ2v) is 0. The van der Waals surface area contributed by atoms with Gasteiger partial charge in [-0.1, -0.05) is 0 Å². The van der Waals surface area contributed by atoms with Crippen molar-refractivity contribution in [3.8, 4) is 0 Å². The molecule has 7 heteroatoms. The topological polar surface area (TPSA) is 0 Å². The fourth-order valence-electron chi connectivity index (χ4n) is 0. The van der Waals surface area contributed by atoms with Crippen molar-refractivity contribution < 1.29 is 28.2 Å². The molecule has 0 aromatic rings. The maximum absolute atomic E-state index is 0. The zero-order valence-electron chi connectivity index (χ0n) is 3.03. The summed E-state index contributed by atoms with van der Waals surface area (Å²) in [7, 11) is 0. The molecule has 7 heavy (non-hydrogen) atoms. The van der Waals surface area contributed by atoms with Crippen LogP contribution in [-0.2, 0) is 0 Å². The van der Waals surface area contributed by atoms with Crippen LogP contribution in [0.2, 0.25) is 0 Å².